The molecule has 0 unspecified atom stereocenters. The molecule has 1 aromatic carbocycles. The Morgan fingerprint density at radius 2 is 1.83 bits per heavy atom. The number of imidazole rings is 1. The van der Waals surface area contributed by atoms with Gasteiger partial charge in [-0.2, -0.15) is 9.97 Å². The number of fused-ring (bicyclic) bond motifs is 1. The Morgan fingerprint density at radius 3 is 2.53 bits per heavy atom. The summed E-state index contributed by atoms with van der Waals surface area (Å²) in [5.74, 6) is 1.14. The zero-order valence-corrected chi connectivity index (χ0v) is 20.4. The maximum atomic E-state index is 12.1. The molecule has 0 bridgehead atoms. The maximum Gasteiger partial charge on any atom is 0.227 e. The van der Waals surface area contributed by atoms with Crippen LogP contribution < -0.4 is 16.0 Å². The molecule has 190 valence electrons. The Kier molecular flexibility index (Phi) is 6.99. The highest BCUT2D eigenvalue weighted by Crippen LogP contribution is 2.27. The molecule has 2 aliphatic rings. The van der Waals surface area contributed by atoms with Crippen LogP contribution in [0, 0.1) is 0 Å². The van der Waals surface area contributed by atoms with Crippen molar-refractivity contribution in [2.24, 2.45) is 0 Å². The van der Waals surface area contributed by atoms with Gasteiger partial charge in [0.25, 0.3) is 0 Å². The van der Waals surface area contributed by atoms with Crippen LogP contribution in [0.4, 0.5) is 23.1 Å². The lowest BCUT2D eigenvalue weighted by atomic mass is 9.93. The highest BCUT2D eigenvalue weighted by molar-refractivity contribution is 5.89. The Labute approximate surface area is 209 Å². The van der Waals surface area contributed by atoms with E-state index in [1.54, 1.807) is 6.33 Å². The fourth-order valence-corrected chi connectivity index (χ4v) is 4.81. The number of aromatic nitrogens is 4. The smallest absolute Gasteiger partial charge is 0.227 e. The molecule has 1 saturated carbocycles. The van der Waals surface area contributed by atoms with Crippen LogP contribution in [0.1, 0.15) is 45.4 Å². The van der Waals surface area contributed by atoms with Crippen molar-refractivity contribution in [2.75, 3.05) is 29.0 Å². The van der Waals surface area contributed by atoms with Crippen molar-refractivity contribution < 1.29 is 14.7 Å². The minimum absolute atomic E-state index is 0.125. The van der Waals surface area contributed by atoms with Crippen LogP contribution in [0.25, 0.3) is 11.2 Å². The van der Waals surface area contributed by atoms with Gasteiger partial charge in [0.2, 0.25) is 17.8 Å². The molecule has 4 N–H and O–H groups in total. The van der Waals surface area contributed by atoms with Gasteiger partial charge in [-0.25, -0.2) is 4.98 Å². The van der Waals surface area contributed by atoms with Crippen LogP contribution >= 0.6 is 0 Å². The summed E-state index contributed by atoms with van der Waals surface area (Å²) >= 11 is 0. The second kappa shape index (κ2) is 10.5. The van der Waals surface area contributed by atoms with Gasteiger partial charge in [-0.3, -0.25) is 9.59 Å². The lowest BCUT2D eigenvalue weighted by Gasteiger charge is -2.26. The normalized spacial score (nSPS) is 20.1. The average molecular weight is 493 g/mol. The van der Waals surface area contributed by atoms with Crippen molar-refractivity contribution in [3.63, 3.8) is 0 Å². The largest absolute Gasteiger partial charge is 0.393 e. The first kappa shape index (κ1) is 24.0. The Morgan fingerprint density at radius 1 is 1.08 bits per heavy atom. The van der Waals surface area contributed by atoms with Crippen LogP contribution in [0.5, 0.6) is 0 Å². The van der Waals surface area contributed by atoms with E-state index in [1.165, 1.54) is 6.92 Å². The first-order valence-corrected chi connectivity index (χ1v) is 12.5. The van der Waals surface area contributed by atoms with Gasteiger partial charge < -0.3 is 30.5 Å². The van der Waals surface area contributed by atoms with Crippen molar-refractivity contribution in [1.82, 2.24) is 24.4 Å². The topological polar surface area (TPSA) is 137 Å². The van der Waals surface area contributed by atoms with Crippen molar-refractivity contribution >= 4 is 46.1 Å². The maximum absolute atomic E-state index is 12.1. The highest BCUT2D eigenvalue weighted by Gasteiger charge is 2.23. The average Bonchev–Trinajstić information content (AvgIpc) is 3.46. The molecule has 1 aliphatic carbocycles. The third-order valence-corrected chi connectivity index (χ3v) is 6.74. The van der Waals surface area contributed by atoms with E-state index < -0.39 is 0 Å². The minimum atomic E-state index is -0.237. The number of carbonyl (C=O) groups excluding carboxylic acids is 2. The zero-order valence-electron chi connectivity index (χ0n) is 20.4. The summed E-state index contributed by atoms with van der Waals surface area (Å²) in [6.07, 6.45) is 6.25. The molecule has 5 rings (SSSR count). The number of aliphatic hydroxyl groups is 1. The fourth-order valence-electron chi connectivity index (χ4n) is 4.81. The lowest BCUT2D eigenvalue weighted by Crippen LogP contribution is -2.29. The quantitative estimate of drug-likeness (QED) is 0.377. The third kappa shape index (κ3) is 5.56. The van der Waals surface area contributed by atoms with Gasteiger partial charge in [0, 0.05) is 50.4 Å². The lowest BCUT2D eigenvalue weighted by molar-refractivity contribution is -0.127. The summed E-state index contributed by atoms with van der Waals surface area (Å²) in [4.78, 5) is 39.4. The van der Waals surface area contributed by atoms with Gasteiger partial charge in [0.1, 0.15) is 0 Å². The number of carbonyl (C=O) groups is 2. The number of nitrogens with zero attached hydrogens (tertiary/aromatic N) is 5. The summed E-state index contributed by atoms with van der Waals surface area (Å²) in [6, 6.07) is 7.56. The molecule has 2 amide bonds. The van der Waals surface area contributed by atoms with Gasteiger partial charge in [-0.05, 0) is 56.4 Å². The molecular formula is C25H32N8O3. The van der Waals surface area contributed by atoms with Crippen LogP contribution in [0.15, 0.2) is 30.6 Å². The number of benzene rings is 1. The first-order valence-electron chi connectivity index (χ1n) is 12.5. The molecule has 11 nitrogen and oxygen atoms in total. The molecule has 2 aromatic heterocycles. The highest BCUT2D eigenvalue weighted by atomic mass is 16.3. The molecule has 1 saturated heterocycles. The van der Waals surface area contributed by atoms with E-state index in [0.717, 1.165) is 44.3 Å². The van der Waals surface area contributed by atoms with E-state index in [-0.39, 0.29) is 24.0 Å². The van der Waals surface area contributed by atoms with Gasteiger partial charge in [0.05, 0.1) is 12.4 Å². The monoisotopic (exact) mass is 492 g/mol. The van der Waals surface area contributed by atoms with E-state index in [1.807, 2.05) is 33.7 Å². The molecule has 0 atom stereocenters. The Balaban J connectivity index is 1.41. The number of anilines is 4. The summed E-state index contributed by atoms with van der Waals surface area (Å²) in [5.41, 5.74) is 2.84. The molecule has 1 aliphatic heterocycles. The molecule has 11 heteroatoms. The molecule has 0 radical (unpaired) electrons. The van der Waals surface area contributed by atoms with Crippen LogP contribution in [0.3, 0.4) is 0 Å². The van der Waals surface area contributed by atoms with Crippen molar-refractivity contribution in [3.8, 4) is 0 Å². The van der Waals surface area contributed by atoms with Crippen LogP contribution in [-0.2, 0) is 16.1 Å². The van der Waals surface area contributed by atoms with E-state index in [9.17, 15) is 14.7 Å². The van der Waals surface area contributed by atoms with Crippen molar-refractivity contribution in [1.29, 1.82) is 0 Å². The molecule has 0 spiro atoms. The number of nitrogens with one attached hydrogen (secondary N) is 3. The van der Waals surface area contributed by atoms with E-state index in [4.69, 9.17) is 9.97 Å². The number of rotatable bonds is 8. The van der Waals surface area contributed by atoms with Gasteiger partial charge in [-0.1, -0.05) is 0 Å². The zero-order chi connectivity index (χ0) is 25.1. The summed E-state index contributed by atoms with van der Waals surface area (Å²) in [7, 11) is 0. The predicted molar refractivity (Wildman–Crippen MR) is 137 cm³/mol. The van der Waals surface area contributed by atoms with Crippen LogP contribution in [-0.4, -0.2) is 66.6 Å². The van der Waals surface area contributed by atoms with Crippen LogP contribution in [0.2, 0.25) is 0 Å². The van der Waals surface area contributed by atoms with Gasteiger partial charge in [0.15, 0.2) is 17.0 Å². The second-order valence-corrected chi connectivity index (χ2v) is 9.52. The number of hydrogen-bond acceptors (Lipinski definition) is 8. The van der Waals surface area contributed by atoms with Gasteiger partial charge >= 0.3 is 0 Å². The van der Waals surface area contributed by atoms with Crippen molar-refractivity contribution in [2.45, 2.75) is 64.1 Å². The molecule has 3 heterocycles. The van der Waals surface area contributed by atoms with E-state index >= 15 is 0 Å². The number of hydrogen-bond donors (Lipinski definition) is 4. The number of likely N-dealkylation sites (tertiary alicyclic amines) is 1. The summed E-state index contributed by atoms with van der Waals surface area (Å²) < 4.78 is 1.96. The van der Waals surface area contributed by atoms with E-state index in [0.29, 0.717) is 48.1 Å². The molecule has 36 heavy (non-hydrogen) atoms. The molecule has 3 aromatic rings. The standard InChI is InChI=1S/C25H32N8O3/c1-16(34)27-17-4-6-18(7-5-17)28-23-22-24(31-25(30-23)29-19-8-10-20(35)11-9-19)33(15-26-22)14-13-32-12-2-3-21(32)36/h4-7,15,19-20,35H,2-3,8-14H2,1H3,(H,27,34)(H2,28,29,30,31). The molecular weight excluding hydrogens is 460 g/mol. The fraction of sp³-hybridized carbons (Fsp3) is 0.480. The number of amides is 2. The molecule has 2 fully saturated rings. The summed E-state index contributed by atoms with van der Waals surface area (Å²) in [5, 5.41) is 19.4. The Bertz CT molecular complexity index is 1230. The number of aliphatic hydroxyl groups excluding tert-OH is 1. The van der Waals surface area contributed by atoms with Crippen molar-refractivity contribution in [3.05, 3.63) is 30.6 Å². The first-order chi connectivity index (χ1) is 17.4. The second-order valence-electron chi connectivity index (χ2n) is 9.52. The van der Waals surface area contributed by atoms with Gasteiger partial charge in [-0.15, -0.1) is 0 Å². The minimum Gasteiger partial charge on any atom is -0.393 e. The predicted octanol–water partition coefficient (Wildman–Crippen LogP) is 2.87. The SMILES string of the molecule is CC(=O)Nc1ccc(Nc2nc(NC3CCC(O)CC3)nc3c2ncn3CCN2CCCC2=O)cc1. The third-order valence-electron chi connectivity index (χ3n) is 6.74. The van der Waals surface area contributed by atoms with E-state index in [2.05, 4.69) is 20.9 Å². The summed E-state index contributed by atoms with van der Waals surface area (Å²) in [6.45, 7) is 3.48. The Hall–Kier alpha value is -3.73.